The SMILES string of the molecule is CCCCN(C(=O)OCC)C(CS)C(=O)O. The first-order valence-electron chi connectivity index (χ1n) is 5.35. The van der Waals surface area contributed by atoms with Gasteiger partial charge >= 0.3 is 12.1 Å². The number of thiol groups is 1. The van der Waals surface area contributed by atoms with Gasteiger partial charge in [-0.2, -0.15) is 12.6 Å². The second-order valence-electron chi connectivity index (χ2n) is 3.28. The van der Waals surface area contributed by atoms with Crippen molar-refractivity contribution in [1.82, 2.24) is 4.90 Å². The van der Waals surface area contributed by atoms with E-state index in [0.29, 0.717) is 6.54 Å². The molecule has 1 atom stereocenters. The lowest BCUT2D eigenvalue weighted by Crippen LogP contribution is -2.47. The summed E-state index contributed by atoms with van der Waals surface area (Å²) in [6.45, 7) is 4.28. The summed E-state index contributed by atoms with van der Waals surface area (Å²) in [6, 6.07) is -0.922. The zero-order valence-corrected chi connectivity index (χ0v) is 10.6. The average Bonchev–Trinajstić information content (AvgIpc) is 2.23. The highest BCUT2D eigenvalue weighted by Crippen LogP contribution is 2.07. The fourth-order valence-electron chi connectivity index (χ4n) is 1.22. The van der Waals surface area contributed by atoms with Gasteiger partial charge in [0, 0.05) is 12.3 Å². The molecule has 0 saturated carbocycles. The molecule has 0 rings (SSSR count). The van der Waals surface area contributed by atoms with Crippen molar-refractivity contribution in [3.63, 3.8) is 0 Å². The van der Waals surface area contributed by atoms with E-state index in [1.165, 1.54) is 4.90 Å². The normalized spacial score (nSPS) is 11.9. The van der Waals surface area contributed by atoms with E-state index < -0.39 is 18.1 Å². The molecule has 0 radical (unpaired) electrons. The van der Waals surface area contributed by atoms with E-state index in [1.54, 1.807) is 6.92 Å². The van der Waals surface area contributed by atoms with Crippen molar-refractivity contribution in [2.45, 2.75) is 32.7 Å². The van der Waals surface area contributed by atoms with E-state index in [1.807, 2.05) is 6.92 Å². The van der Waals surface area contributed by atoms with Crippen LogP contribution < -0.4 is 0 Å². The number of hydrogen-bond acceptors (Lipinski definition) is 4. The van der Waals surface area contributed by atoms with Crippen molar-refractivity contribution < 1.29 is 19.4 Å². The molecule has 0 aromatic heterocycles. The van der Waals surface area contributed by atoms with Crippen LogP contribution >= 0.6 is 12.6 Å². The molecule has 6 heteroatoms. The predicted molar refractivity (Wildman–Crippen MR) is 63.9 cm³/mol. The van der Waals surface area contributed by atoms with Gasteiger partial charge in [-0.1, -0.05) is 13.3 Å². The Bertz CT molecular complexity index is 235. The van der Waals surface area contributed by atoms with Gasteiger partial charge < -0.3 is 9.84 Å². The Morgan fingerprint density at radius 3 is 2.44 bits per heavy atom. The first-order chi connectivity index (χ1) is 7.58. The van der Waals surface area contributed by atoms with Crippen molar-refractivity contribution in [2.75, 3.05) is 18.9 Å². The minimum absolute atomic E-state index is 0.0812. The quantitative estimate of drug-likeness (QED) is 0.673. The number of nitrogens with zero attached hydrogens (tertiary/aromatic N) is 1. The van der Waals surface area contributed by atoms with Crippen LogP contribution in [-0.4, -0.2) is 47.0 Å². The molecule has 1 N–H and O–H groups in total. The van der Waals surface area contributed by atoms with E-state index >= 15 is 0 Å². The van der Waals surface area contributed by atoms with Crippen LogP contribution in [0.1, 0.15) is 26.7 Å². The molecule has 0 heterocycles. The summed E-state index contributed by atoms with van der Waals surface area (Å²) in [4.78, 5) is 23.7. The Balaban J connectivity index is 4.61. The number of ether oxygens (including phenoxy) is 1. The van der Waals surface area contributed by atoms with Crippen molar-refractivity contribution in [1.29, 1.82) is 0 Å². The summed E-state index contributed by atoms with van der Waals surface area (Å²) in [5.41, 5.74) is 0. The maximum absolute atomic E-state index is 11.6. The first kappa shape index (κ1) is 15.1. The van der Waals surface area contributed by atoms with Gasteiger partial charge in [0.05, 0.1) is 6.61 Å². The molecule has 1 amide bonds. The van der Waals surface area contributed by atoms with Crippen LogP contribution in [0.2, 0.25) is 0 Å². The minimum atomic E-state index is -1.06. The molecule has 0 aliphatic rings. The predicted octanol–water partition coefficient (Wildman–Crippen LogP) is 1.63. The Hall–Kier alpha value is -0.910. The molecule has 0 bridgehead atoms. The number of amides is 1. The zero-order valence-electron chi connectivity index (χ0n) is 9.68. The maximum Gasteiger partial charge on any atom is 0.410 e. The highest BCUT2D eigenvalue weighted by atomic mass is 32.1. The number of rotatable bonds is 7. The molecule has 5 nitrogen and oxygen atoms in total. The second-order valence-corrected chi connectivity index (χ2v) is 3.65. The van der Waals surface area contributed by atoms with Crippen molar-refractivity contribution in [3.8, 4) is 0 Å². The number of hydrogen-bond donors (Lipinski definition) is 2. The van der Waals surface area contributed by atoms with E-state index in [2.05, 4.69) is 12.6 Å². The van der Waals surface area contributed by atoms with Crippen LogP contribution in [0, 0.1) is 0 Å². The Morgan fingerprint density at radius 2 is 2.06 bits per heavy atom. The van der Waals surface area contributed by atoms with E-state index in [4.69, 9.17) is 9.84 Å². The van der Waals surface area contributed by atoms with Gasteiger partial charge in [0.1, 0.15) is 6.04 Å². The van der Waals surface area contributed by atoms with Crippen LogP contribution in [0.25, 0.3) is 0 Å². The molecule has 0 fully saturated rings. The molecule has 0 spiro atoms. The molecule has 0 aromatic carbocycles. The minimum Gasteiger partial charge on any atom is -0.480 e. The number of carbonyl (C=O) groups is 2. The molecule has 0 saturated heterocycles. The number of carbonyl (C=O) groups excluding carboxylic acids is 1. The topological polar surface area (TPSA) is 66.8 Å². The van der Waals surface area contributed by atoms with Crippen LogP contribution in [0.15, 0.2) is 0 Å². The Kier molecular flexibility index (Phi) is 7.80. The summed E-state index contributed by atoms with van der Waals surface area (Å²) in [5.74, 6) is -0.975. The molecule has 0 aliphatic carbocycles. The van der Waals surface area contributed by atoms with Crippen LogP contribution in [0.3, 0.4) is 0 Å². The number of carboxylic acid groups (broad SMARTS) is 1. The largest absolute Gasteiger partial charge is 0.480 e. The third-order valence-electron chi connectivity index (χ3n) is 2.09. The van der Waals surface area contributed by atoms with Gasteiger partial charge in [0.2, 0.25) is 0 Å². The lowest BCUT2D eigenvalue weighted by Gasteiger charge is -2.26. The summed E-state index contributed by atoms with van der Waals surface area (Å²) < 4.78 is 4.82. The Morgan fingerprint density at radius 1 is 1.44 bits per heavy atom. The van der Waals surface area contributed by atoms with Crippen LogP contribution in [0.4, 0.5) is 4.79 Å². The summed E-state index contributed by atoms with van der Waals surface area (Å²) in [6.07, 6.45) is 1.04. The first-order valence-corrected chi connectivity index (χ1v) is 5.98. The Labute approximate surface area is 101 Å². The van der Waals surface area contributed by atoms with Gasteiger partial charge in [-0.25, -0.2) is 9.59 Å². The molecule has 0 aliphatic heterocycles. The maximum atomic E-state index is 11.6. The third-order valence-corrected chi connectivity index (χ3v) is 2.43. The van der Waals surface area contributed by atoms with Gasteiger partial charge in [0.15, 0.2) is 0 Å². The highest BCUT2D eigenvalue weighted by Gasteiger charge is 2.28. The van der Waals surface area contributed by atoms with Gasteiger partial charge in [0.25, 0.3) is 0 Å². The van der Waals surface area contributed by atoms with E-state index in [-0.39, 0.29) is 12.4 Å². The lowest BCUT2D eigenvalue weighted by atomic mass is 10.2. The summed E-state index contributed by atoms with van der Waals surface area (Å²) in [7, 11) is 0. The number of unbranched alkanes of at least 4 members (excludes halogenated alkanes) is 1. The van der Waals surface area contributed by atoms with Gasteiger partial charge in [-0.3, -0.25) is 4.90 Å². The number of aliphatic carboxylic acids is 1. The van der Waals surface area contributed by atoms with E-state index in [9.17, 15) is 9.59 Å². The molecular weight excluding hydrogens is 230 g/mol. The third kappa shape index (κ3) is 4.74. The molecule has 16 heavy (non-hydrogen) atoms. The molecule has 94 valence electrons. The monoisotopic (exact) mass is 249 g/mol. The lowest BCUT2D eigenvalue weighted by molar-refractivity contribution is -0.141. The zero-order chi connectivity index (χ0) is 12.6. The summed E-state index contributed by atoms with van der Waals surface area (Å²) >= 11 is 3.95. The highest BCUT2D eigenvalue weighted by molar-refractivity contribution is 7.80. The second kappa shape index (κ2) is 8.27. The van der Waals surface area contributed by atoms with Crippen LogP contribution in [0.5, 0.6) is 0 Å². The number of carboxylic acids is 1. The van der Waals surface area contributed by atoms with Crippen molar-refractivity contribution in [3.05, 3.63) is 0 Å². The average molecular weight is 249 g/mol. The van der Waals surface area contributed by atoms with Crippen molar-refractivity contribution in [2.24, 2.45) is 0 Å². The summed E-state index contributed by atoms with van der Waals surface area (Å²) in [5, 5.41) is 8.96. The van der Waals surface area contributed by atoms with E-state index in [0.717, 1.165) is 12.8 Å². The van der Waals surface area contributed by atoms with Gasteiger partial charge in [-0.15, -0.1) is 0 Å². The van der Waals surface area contributed by atoms with Gasteiger partial charge in [-0.05, 0) is 13.3 Å². The molecule has 0 aromatic rings. The smallest absolute Gasteiger partial charge is 0.410 e. The van der Waals surface area contributed by atoms with Crippen molar-refractivity contribution >= 4 is 24.7 Å². The standard InChI is InChI=1S/C10H19NO4S/c1-3-5-6-11(10(14)15-4-2)8(7-16)9(12)13/h8,16H,3-7H2,1-2H3,(H,12,13). The molecule has 1 unspecified atom stereocenters. The molecular formula is C10H19NO4S. The van der Waals surface area contributed by atoms with Crippen LogP contribution in [-0.2, 0) is 9.53 Å². The fourth-order valence-corrected chi connectivity index (χ4v) is 1.57. The fraction of sp³-hybridized carbons (Fsp3) is 0.800.